The maximum atomic E-state index is 14.0. The van der Waals surface area contributed by atoms with Gasteiger partial charge in [-0.15, -0.1) is 6.42 Å². The molecule has 0 bridgehead atoms. The summed E-state index contributed by atoms with van der Waals surface area (Å²) < 4.78 is 45.1. The molecule has 4 heterocycles. The van der Waals surface area contributed by atoms with Crippen LogP contribution in [0.1, 0.15) is 86.6 Å². The van der Waals surface area contributed by atoms with Crippen molar-refractivity contribution in [1.29, 1.82) is 0 Å². The van der Waals surface area contributed by atoms with Gasteiger partial charge in [-0.05, 0) is 109 Å². The van der Waals surface area contributed by atoms with Gasteiger partial charge < -0.3 is 39.8 Å². The van der Waals surface area contributed by atoms with Crippen molar-refractivity contribution in [3.8, 4) is 18.1 Å². The third-order valence-corrected chi connectivity index (χ3v) is 16.1. The van der Waals surface area contributed by atoms with Gasteiger partial charge in [-0.1, -0.05) is 24.5 Å². The molecule has 0 aliphatic carbocycles. The molecule has 0 radical (unpaired) electrons. The topological polar surface area (TPSA) is 314 Å². The highest BCUT2D eigenvalue weighted by molar-refractivity contribution is 14.1. The van der Waals surface area contributed by atoms with Crippen LogP contribution in [0, 0.1) is 21.8 Å². The Bertz CT molecular complexity index is 2990. The number of ether oxygens (including phenoxy) is 3. The number of nitrogens with zero attached hydrogens (tertiary/aromatic N) is 10. The first-order valence-corrected chi connectivity index (χ1v) is 31.4. The standard InChI is InChI=1S/C61H82F2IN15O12/c1-2-50-34-61(62,63)40-79(50)58(85)37-66-60(88)52-17-20-65-54-15-14-51(33-53(52)54)91-32-6-7-46-18-22-78(23-19-46)57(84)9-5-3-4-8-55(82)73-69-36-49(16-21-67-70-41-71-68-35-47-10-12-48(64)13-11-47)72-56(83)38-74-24-25-75(39-59(86)87)27-29-77(43-90-45-81)31-30-76(28-26-74)42-89-44-80/h1,10-15,17,20-21,33,35-36,44-46,49-50,70-71H,3-9,16,18-19,22-32,34,37-43H2,(H,66,88)(H,72,83)(H,73,82)(H,86,87)/b67-21+,68-35+,69-36-/t49?,50-/m0/s1. The Morgan fingerprint density at radius 3 is 2.12 bits per heavy atom. The molecule has 30 heteroatoms. The number of terminal acetylenes is 1. The number of hydrogen-bond acceptors (Lipinski definition) is 21. The van der Waals surface area contributed by atoms with Crippen LogP contribution in [0.15, 0.2) is 70.0 Å². The monoisotopic (exact) mass is 1380 g/mol. The summed E-state index contributed by atoms with van der Waals surface area (Å²) in [5, 5.41) is 28.2. The summed E-state index contributed by atoms with van der Waals surface area (Å²) in [6.07, 6.45) is 16.8. The number of halogens is 3. The van der Waals surface area contributed by atoms with Gasteiger partial charge >= 0.3 is 5.97 Å². The molecular formula is C61H82F2IN15O12. The van der Waals surface area contributed by atoms with E-state index in [-0.39, 0.29) is 69.3 Å². The van der Waals surface area contributed by atoms with Crippen LogP contribution < -0.4 is 31.6 Å². The van der Waals surface area contributed by atoms with Crippen molar-refractivity contribution in [2.24, 2.45) is 21.2 Å². The van der Waals surface area contributed by atoms with Gasteiger partial charge in [-0.2, -0.15) is 15.3 Å². The van der Waals surface area contributed by atoms with Crippen molar-refractivity contribution >= 4 is 101 Å². The smallest absolute Gasteiger partial charge is 0.317 e. The predicted molar refractivity (Wildman–Crippen MR) is 342 cm³/mol. The van der Waals surface area contributed by atoms with Crippen LogP contribution in [-0.4, -0.2) is 243 Å². The summed E-state index contributed by atoms with van der Waals surface area (Å²) in [6, 6.07) is 12.8. The average Bonchev–Trinajstić information content (AvgIpc) is 1.96. The molecule has 2 atom stereocenters. The number of hydrogen-bond donors (Lipinski definition) is 6. The molecule has 0 saturated carbocycles. The number of carbonyl (C=O) groups excluding carboxylic acids is 7. The number of aromatic nitrogens is 1. The van der Waals surface area contributed by atoms with Crippen molar-refractivity contribution < 1.29 is 66.5 Å². The molecule has 6 N–H and O–H groups in total. The largest absolute Gasteiger partial charge is 0.494 e. The van der Waals surface area contributed by atoms with E-state index in [1.807, 2.05) is 43.9 Å². The molecule has 2 aromatic carbocycles. The fraction of sp³-hybridized carbons (Fsp3) is 0.541. The number of unbranched alkanes of at least 4 members (excludes halogenated alkanes) is 2. The van der Waals surface area contributed by atoms with E-state index in [0.717, 1.165) is 39.7 Å². The maximum absolute atomic E-state index is 14.0. The lowest BCUT2D eigenvalue weighted by molar-refractivity contribution is -0.139. The third kappa shape index (κ3) is 26.8. The molecule has 3 aliphatic heterocycles. The molecular weight excluding hydrogens is 1300 g/mol. The number of fused-ring (bicyclic) bond motifs is 1. The van der Waals surface area contributed by atoms with Crippen molar-refractivity contribution in [2.75, 3.05) is 118 Å². The first-order valence-electron chi connectivity index (χ1n) is 30.3. The maximum Gasteiger partial charge on any atom is 0.317 e. The number of piperidine rings is 1. The summed E-state index contributed by atoms with van der Waals surface area (Å²) in [6.45, 7) is 3.88. The Labute approximate surface area is 541 Å². The average molecular weight is 1380 g/mol. The summed E-state index contributed by atoms with van der Waals surface area (Å²) in [7, 11) is 0. The summed E-state index contributed by atoms with van der Waals surface area (Å²) in [5.74, 6) is -2.84. The number of aliphatic carboxylic acids is 1. The lowest BCUT2D eigenvalue weighted by Crippen LogP contribution is -2.50. The quantitative estimate of drug-likeness (QED) is 0.00952. The molecule has 1 aromatic heterocycles. The number of nitrogens with one attached hydrogen (secondary N) is 5. The third-order valence-electron chi connectivity index (χ3n) is 15.4. The Hall–Kier alpha value is -7.99. The first-order chi connectivity index (χ1) is 44.0. The van der Waals surface area contributed by atoms with Crippen LogP contribution in [0.4, 0.5) is 8.78 Å². The number of pyridine rings is 1. The summed E-state index contributed by atoms with van der Waals surface area (Å²) >= 11 is 2.23. The Morgan fingerprint density at radius 2 is 1.45 bits per heavy atom. The van der Waals surface area contributed by atoms with E-state index < -0.39 is 55.3 Å². The van der Waals surface area contributed by atoms with Gasteiger partial charge in [0.15, 0.2) is 0 Å². The number of carboxylic acids is 1. The zero-order chi connectivity index (χ0) is 65.2. The fourth-order valence-corrected chi connectivity index (χ4v) is 10.8. The molecule has 3 aliphatic rings. The predicted octanol–water partition coefficient (Wildman–Crippen LogP) is 2.49. The van der Waals surface area contributed by atoms with Gasteiger partial charge in [0.25, 0.3) is 24.8 Å². The highest BCUT2D eigenvalue weighted by Gasteiger charge is 2.46. The van der Waals surface area contributed by atoms with Crippen LogP contribution in [-0.2, 0) is 43.0 Å². The zero-order valence-electron chi connectivity index (χ0n) is 50.9. The minimum absolute atomic E-state index is 0.000569. The molecule has 6 rings (SSSR count). The van der Waals surface area contributed by atoms with Crippen LogP contribution in [0.3, 0.4) is 0 Å². The lowest BCUT2D eigenvalue weighted by Gasteiger charge is -2.33. The number of alkyl halides is 2. The van der Waals surface area contributed by atoms with Crippen molar-refractivity contribution in [2.45, 2.75) is 88.6 Å². The number of carboxylic acid groups (broad SMARTS) is 1. The number of amides is 5. The van der Waals surface area contributed by atoms with Crippen molar-refractivity contribution in [1.82, 2.24) is 61.3 Å². The van der Waals surface area contributed by atoms with Crippen LogP contribution >= 0.6 is 22.6 Å². The van der Waals surface area contributed by atoms with Crippen molar-refractivity contribution in [3.63, 3.8) is 0 Å². The minimum Gasteiger partial charge on any atom is -0.494 e. The number of benzene rings is 2. The number of carbonyl (C=O) groups is 8. The molecule has 27 nitrogen and oxygen atoms in total. The lowest BCUT2D eigenvalue weighted by atomic mass is 9.92. The molecule has 91 heavy (non-hydrogen) atoms. The summed E-state index contributed by atoms with van der Waals surface area (Å²) in [5.41, 5.74) is 9.95. The SMILES string of the molecule is C#C[C@H]1CC(F)(F)CN1C(=O)CNC(=O)c1ccnc2ccc(OCCCC3CCN(C(=O)CCCCCC(=O)N/N=C\C(C/C=N/NCN/N=C/c4ccc(I)cc4)NC(=O)CN4CCN(COC=O)CCN(COC=O)CCN(CC(=O)O)CC4)CC3)cc12. The van der Waals surface area contributed by atoms with E-state index in [4.69, 9.17) is 20.6 Å². The van der Waals surface area contributed by atoms with Gasteiger partial charge in [0.2, 0.25) is 23.6 Å². The molecule has 5 amide bonds. The summed E-state index contributed by atoms with van der Waals surface area (Å²) in [4.78, 5) is 114. The van der Waals surface area contributed by atoms with Crippen molar-refractivity contribution in [3.05, 3.63) is 69.4 Å². The van der Waals surface area contributed by atoms with Gasteiger partial charge in [-0.3, -0.25) is 73.8 Å². The Kier molecular flexibility index (Phi) is 31.1. The fourth-order valence-electron chi connectivity index (χ4n) is 10.4. The number of likely N-dealkylation sites (tertiary alicyclic amines) is 2. The first kappa shape index (κ1) is 72.1. The Morgan fingerprint density at radius 1 is 0.791 bits per heavy atom. The number of hydrazone groups is 3. The Balaban J connectivity index is 0.907. The van der Waals surface area contributed by atoms with Gasteiger partial charge in [0, 0.05) is 119 Å². The normalized spacial score (nSPS) is 17.8. The van der Waals surface area contributed by atoms with Crippen LogP contribution in [0.25, 0.3) is 10.9 Å². The molecule has 3 aromatic rings. The van der Waals surface area contributed by atoms with E-state index in [0.29, 0.717) is 133 Å². The molecule has 0 spiro atoms. The van der Waals surface area contributed by atoms with Gasteiger partial charge in [0.05, 0.1) is 62.2 Å². The minimum atomic E-state index is -3.09. The van der Waals surface area contributed by atoms with E-state index in [2.05, 4.69) is 75.7 Å². The van der Waals surface area contributed by atoms with Gasteiger partial charge in [-0.25, -0.2) is 14.2 Å². The van der Waals surface area contributed by atoms with E-state index in [9.17, 15) is 52.2 Å². The van der Waals surface area contributed by atoms with Crippen LogP contribution in [0.2, 0.25) is 0 Å². The van der Waals surface area contributed by atoms with E-state index in [1.165, 1.54) is 18.5 Å². The second-order valence-electron chi connectivity index (χ2n) is 22.2. The van der Waals surface area contributed by atoms with E-state index >= 15 is 0 Å². The highest BCUT2D eigenvalue weighted by atomic mass is 127. The zero-order valence-corrected chi connectivity index (χ0v) is 53.1. The molecule has 494 valence electrons. The van der Waals surface area contributed by atoms with E-state index in [1.54, 1.807) is 35.5 Å². The molecule has 3 fully saturated rings. The van der Waals surface area contributed by atoms with Gasteiger partial charge in [0.1, 0.15) is 25.9 Å². The number of rotatable bonds is 34. The molecule has 1 unspecified atom stereocenters. The van der Waals surface area contributed by atoms with Crippen LogP contribution in [0.5, 0.6) is 5.75 Å². The highest BCUT2D eigenvalue weighted by Crippen LogP contribution is 2.32. The second kappa shape index (κ2) is 39.3. The second-order valence-corrected chi connectivity index (χ2v) is 23.4. The molecule has 3 saturated heterocycles.